The third-order valence-electron chi connectivity index (χ3n) is 6.26. The molecular weight excluding hydrogens is 525 g/mol. The Hall–Kier alpha value is -2.83. The normalized spacial score (nSPS) is 15.9. The largest absolute Gasteiger partial charge is 0.416 e. The Kier molecular flexibility index (Phi) is 10.0. The number of benzene rings is 2. The van der Waals surface area contributed by atoms with Gasteiger partial charge in [-0.15, -0.1) is 0 Å². The molecule has 12 heteroatoms. The molecule has 1 aliphatic heterocycles. The lowest BCUT2D eigenvalue weighted by molar-refractivity contribution is -0.138. The first kappa shape index (κ1) is 29.7. The van der Waals surface area contributed by atoms with Crippen molar-refractivity contribution in [3.63, 3.8) is 0 Å². The molecule has 0 aliphatic carbocycles. The number of hydrogen-bond acceptors (Lipinski definition) is 7. The number of nitrogens with zero attached hydrogens (tertiary/aromatic N) is 2. The first-order chi connectivity index (χ1) is 18.0. The second-order valence-electron chi connectivity index (χ2n) is 8.87. The van der Waals surface area contributed by atoms with Crippen LogP contribution in [-0.4, -0.2) is 65.3 Å². The fourth-order valence-electron chi connectivity index (χ4n) is 4.24. The topological polar surface area (TPSA) is 85.4 Å². The third-order valence-corrected chi connectivity index (χ3v) is 7.49. The van der Waals surface area contributed by atoms with Crippen molar-refractivity contribution < 1.29 is 40.0 Å². The van der Waals surface area contributed by atoms with E-state index in [2.05, 4.69) is 0 Å². The summed E-state index contributed by atoms with van der Waals surface area (Å²) >= 11 is 0. The molecular formula is C26H33F3N2O6S. The smallest absolute Gasteiger partial charge is 0.379 e. The highest BCUT2D eigenvalue weighted by Crippen LogP contribution is 2.33. The van der Waals surface area contributed by atoms with Crippen LogP contribution in [0.3, 0.4) is 0 Å². The summed E-state index contributed by atoms with van der Waals surface area (Å²) in [5.41, 5.74) is -0.0621. The fourth-order valence-corrected chi connectivity index (χ4v) is 5.24. The minimum atomic E-state index is -4.72. The highest BCUT2D eigenvalue weighted by molar-refractivity contribution is 7.87. The summed E-state index contributed by atoms with van der Waals surface area (Å²) in [7, 11) is -3.23. The Bertz CT molecular complexity index is 1200. The molecule has 0 bridgehead atoms. The van der Waals surface area contributed by atoms with Crippen molar-refractivity contribution in [2.75, 3.05) is 44.9 Å². The van der Waals surface area contributed by atoms with E-state index in [4.69, 9.17) is 13.7 Å². The summed E-state index contributed by atoms with van der Waals surface area (Å²) in [5.74, 6) is -0.392. The van der Waals surface area contributed by atoms with E-state index in [0.717, 1.165) is 31.0 Å². The quantitative estimate of drug-likeness (QED) is 0.355. The van der Waals surface area contributed by atoms with Gasteiger partial charge in [-0.1, -0.05) is 12.1 Å². The predicted molar refractivity (Wildman–Crippen MR) is 136 cm³/mol. The molecule has 1 amide bonds. The number of hydrogen-bond donors (Lipinski definition) is 0. The van der Waals surface area contributed by atoms with Gasteiger partial charge in [-0.05, 0) is 51.0 Å². The van der Waals surface area contributed by atoms with Gasteiger partial charge in [0.15, 0.2) is 0 Å². The van der Waals surface area contributed by atoms with Crippen LogP contribution in [0.5, 0.6) is 5.75 Å². The van der Waals surface area contributed by atoms with Crippen molar-refractivity contribution >= 4 is 21.7 Å². The van der Waals surface area contributed by atoms with E-state index in [9.17, 15) is 26.4 Å². The Morgan fingerprint density at radius 3 is 2.47 bits per heavy atom. The Morgan fingerprint density at radius 1 is 1.13 bits per heavy atom. The zero-order valence-corrected chi connectivity index (χ0v) is 22.5. The van der Waals surface area contributed by atoms with Gasteiger partial charge in [0, 0.05) is 57.2 Å². The van der Waals surface area contributed by atoms with Crippen LogP contribution in [0, 0.1) is 0 Å². The van der Waals surface area contributed by atoms with E-state index in [1.165, 1.54) is 18.1 Å². The Morgan fingerprint density at radius 2 is 1.87 bits per heavy atom. The lowest BCUT2D eigenvalue weighted by Gasteiger charge is -2.27. The van der Waals surface area contributed by atoms with Gasteiger partial charge in [-0.25, -0.2) is 0 Å². The molecule has 0 unspecified atom stereocenters. The van der Waals surface area contributed by atoms with Gasteiger partial charge in [-0.2, -0.15) is 21.6 Å². The Balaban J connectivity index is 2.00. The lowest BCUT2D eigenvalue weighted by atomic mass is 10.1. The second-order valence-corrected chi connectivity index (χ2v) is 10.4. The van der Waals surface area contributed by atoms with Gasteiger partial charge in [-0.3, -0.25) is 4.79 Å². The summed E-state index contributed by atoms with van der Waals surface area (Å²) in [6, 6.07) is 8.36. The van der Waals surface area contributed by atoms with Crippen molar-refractivity contribution in [3.8, 4) is 5.75 Å². The van der Waals surface area contributed by atoms with E-state index in [-0.39, 0.29) is 37.5 Å². The average Bonchev–Trinajstić information content (AvgIpc) is 3.38. The van der Waals surface area contributed by atoms with Crippen LogP contribution in [0.2, 0.25) is 0 Å². The molecule has 38 heavy (non-hydrogen) atoms. The van der Waals surface area contributed by atoms with Crippen molar-refractivity contribution in [3.05, 3.63) is 53.6 Å². The number of amides is 1. The number of ether oxygens (including phenoxy) is 2. The second kappa shape index (κ2) is 12.8. The highest BCUT2D eigenvalue weighted by atomic mass is 32.2. The number of anilines is 1. The number of carbonyl (C=O) groups is 1. The van der Waals surface area contributed by atoms with Crippen molar-refractivity contribution in [1.82, 2.24) is 4.90 Å². The summed E-state index contributed by atoms with van der Waals surface area (Å²) < 4.78 is 82.1. The molecule has 2 aromatic carbocycles. The number of methoxy groups -OCH3 is 1. The summed E-state index contributed by atoms with van der Waals surface area (Å²) in [6.07, 6.45) is -3.22. The van der Waals surface area contributed by atoms with E-state index in [1.807, 2.05) is 18.7 Å². The average molecular weight is 559 g/mol. The first-order valence-corrected chi connectivity index (χ1v) is 13.8. The van der Waals surface area contributed by atoms with Crippen molar-refractivity contribution in [2.45, 2.75) is 50.4 Å². The molecule has 2 aromatic rings. The van der Waals surface area contributed by atoms with Crippen LogP contribution in [0.1, 0.15) is 37.8 Å². The van der Waals surface area contributed by atoms with Crippen LogP contribution in [-0.2, 0) is 37.1 Å². The fraction of sp³-hybridized carbons (Fsp3) is 0.500. The third kappa shape index (κ3) is 7.61. The van der Waals surface area contributed by atoms with Crippen LogP contribution in [0.4, 0.5) is 18.9 Å². The first-order valence-electron chi connectivity index (χ1n) is 12.4. The highest BCUT2D eigenvalue weighted by Gasteiger charge is 2.32. The Labute approximate surface area is 221 Å². The molecule has 1 saturated heterocycles. The maximum atomic E-state index is 13.2. The predicted octanol–water partition coefficient (Wildman–Crippen LogP) is 4.47. The van der Waals surface area contributed by atoms with Gasteiger partial charge in [0.05, 0.1) is 11.7 Å². The van der Waals surface area contributed by atoms with Gasteiger partial charge >= 0.3 is 16.3 Å². The molecule has 8 nitrogen and oxygen atoms in total. The molecule has 1 heterocycles. The van der Waals surface area contributed by atoms with Gasteiger partial charge in [0.25, 0.3) is 0 Å². The number of alkyl halides is 3. The molecule has 0 N–H and O–H groups in total. The number of halogens is 3. The lowest BCUT2D eigenvalue weighted by Crippen LogP contribution is -2.39. The van der Waals surface area contributed by atoms with E-state index in [1.54, 1.807) is 12.1 Å². The van der Waals surface area contributed by atoms with Gasteiger partial charge in [0.1, 0.15) is 17.3 Å². The van der Waals surface area contributed by atoms with Crippen molar-refractivity contribution in [2.24, 2.45) is 0 Å². The molecule has 1 atom stereocenters. The molecule has 1 aliphatic rings. The van der Waals surface area contributed by atoms with Gasteiger partial charge in [0.2, 0.25) is 5.91 Å². The van der Waals surface area contributed by atoms with Crippen LogP contribution in [0.25, 0.3) is 0 Å². The maximum absolute atomic E-state index is 13.2. The zero-order chi connectivity index (χ0) is 27.9. The summed E-state index contributed by atoms with van der Waals surface area (Å²) in [5, 5.41) is 0. The summed E-state index contributed by atoms with van der Waals surface area (Å²) in [6.45, 7) is 5.82. The van der Waals surface area contributed by atoms with Crippen LogP contribution in [0.15, 0.2) is 47.4 Å². The molecule has 0 saturated carbocycles. The van der Waals surface area contributed by atoms with Gasteiger partial charge < -0.3 is 23.5 Å². The van der Waals surface area contributed by atoms with Crippen LogP contribution < -0.4 is 9.08 Å². The number of carbonyl (C=O) groups excluding carboxylic acids is 1. The number of rotatable bonds is 12. The molecule has 3 rings (SSSR count). The SMILES string of the molecule is CCN(CC)c1ccc(CN(C[C@@H]2CCCO2)C(=O)COC)c(OS(=O)(=O)c2cccc(C(F)(F)F)c2)c1. The van der Waals surface area contributed by atoms with E-state index >= 15 is 0 Å². The molecule has 1 fully saturated rings. The van der Waals surface area contributed by atoms with E-state index < -0.39 is 26.8 Å². The maximum Gasteiger partial charge on any atom is 0.416 e. The van der Waals surface area contributed by atoms with E-state index in [0.29, 0.717) is 37.0 Å². The monoisotopic (exact) mass is 558 g/mol. The molecule has 0 radical (unpaired) electrons. The van der Waals surface area contributed by atoms with Crippen LogP contribution >= 0.6 is 0 Å². The summed E-state index contributed by atoms with van der Waals surface area (Å²) in [4.78, 5) is 15.7. The minimum absolute atomic E-state index is 0.00593. The zero-order valence-electron chi connectivity index (χ0n) is 21.7. The minimum Gasteiger partial charge on any atom is -0.379 e. The standard InChI is InChI=1S/C26H33F3N2O6S/c1-4-30(5-2)21-12-11-19(16-31(25(32)18-35-3)17-22-9-7-13-36-22)24(15-21)37-38(33,34)23-10-6-8-20(14-23)26(27,28)29/h6,8,10-12,14-15,22H,4-5,7,9,13,16-18H2,1-3H3/t22-/m0/s1. The molecule has 0 spiro atoms. The molecule has 0 aromatic heterocycles. The van der Waals surface area contributed by atoms with Crippen molar-refractivity contribution in [1.29, 1.82) is 0 Å². The molecule has 210 valence electrons.